The summed E-state index contributed by atoms with van der Waals surface area (Å²) in [7, 11) is 0. The summed E-state index contributed by atoms with van der Waals surface area (Å²) >= 11 is 0. The van der Waals surface area contributed by atoms with Gasteiger partial charge in [0.05, 0.1) is 6.61 Å². The van der Waals surface area contributed by atoms with E-state index in [1.54, 1.807) is 5.57 Å². The molecule has 1 aliphatic heterocycles. The third-order valence-electron chi connectivity index (χ3n) is 5.43. The molecule has 0 spiro atoms. The monoisotopic (exact) mass is 305 g/mol. The van der Waals surface area contributed by atoms with Crippen molar-refractivity contribution in [2.24, 2.45) is 23.7 Å². The first kappa shape index (κ1) is 13.8. The van der Waals surface area contributed by atoms with Gasteiger partial charge in [-0.05, 0) is 49.4 Å². The van der Waals surface area contributed by atoms with E-state index in [0.29, 0.717) is 29.4 Å². The van der Waals surface area contributed by atoms with Crippen molar-refractivity contribution in [3.05, 3.63) is 11.6 Å². The van der Waals surface area contributed by atoms with E-state index in [1.165, 1.54) is 25.7 Å². The normalized spacial score (nSPS) is 35.8. The lowest BCUT2D eigenvalue weighted by molar-refractivity contribution is -0.177. The summed E-state index contributed by atoms with van der Waals surface area (Å²) in [5.41, 5.74) is 1.61. The summed E-state index contributed by atoms with van der Waals surface area (Å²) in [5.74, 6) is 1.49. The lowest BCUT2D eigenvalue weighted by atomic mass is 10.0. The molecule has 6 heteroatoms. The van der Waals surface area contributed by atoms with Gasteiger partial charge in [0.1, 0.15) is 0 Å². The fraction of sp³-hybridized carbons (Fsp3) is 0.688. The molecule has 3 fully saturated rings. The number of ether oxygens (including phenoxy) is 1. The molecule has 3 aliphatic carbocycles. The van der Waals surface area contributed by atoms with Crippen LogP contribution in [-0.4, -0.2) is 29.6 Å². The molecular formula is C16H19NO5. The Kier molecular flexibility index (Phi) is 3.20. The van der Waals surface area contributed by atoms with Crippen molar-refractivity contribution < 1.29 is 24.0 Å². The number of carbonyl (C=O) groups is 3. The molecule has 0 radical (unpaired) electrons. The topological polar surface area (TPSA) is 72.9 Å². The highest BCUT2D eigenvalue weighted by atomic mass is 16.8. The highest BCUT2D eigenvalue weighted by Crippen LogP contribution is 2.57. The Morgan fingerprint density at radius 2 is 1.82 bits per heavy atom. The van der Waals surface area contributed by atoms with Crippen molar-refractivity contribution >= 4 is 18.0 Å². The van der Waals surface area contributed by atoms with Crippen molar-refractivity contribution in [2.45, 2.75) is 38.5 Å². The number of hydrogen-bond acceptors (Lipinski definition) is 5. The van der Waals surface area contributed by atoms with Gasteiger partial charge >= 0.3 is 6.16 Å². The first-order chi connectivity index (χ1) is 10.6. The molecule has 4 atom stereocenters. The number of nitrogens with zero attached hydrogens (tertiary/aromatic N) is 1. The van der Waals surface area contributed by atoms with Crippen LogP contribution >= 0.6 is 0 Å². The van der Waals surface area contributed by atoms with E-state index in [1.807, 2.05) is 0 Å². The molecule has 118 valence electrons. The molecular weight excluding hydrogens is 286 g/mol. The van der Waals surface area contributed by atoms with Crippen LogP contribution in [0.5, 0.6) is 0 Å². The van der Waals surface area contributed by atoms with Gasteiger partial charge in [-0.25, -0.2) is 4.79 Å². The Labute approximate surface area is 128 Å². The van der Waals surface area contributed by atoms with E-state index in [9.17, 15) is 14.4 Å². The van der Waals surface area contributed by atoms with Crippen LogP contribution in [-0.2, 0) is 19.2 Å². The van der Waals surface area contributed by atoms with Crippen LogP contribution in [0, 0.1) is 23.7 Å². The standard InChI is InChI=1S/C16H19NO5/c18-14-5-6-15(19)17(14)22-16(20)21-8-13-11-3-1-9-7-10(9)2-4-12(11)13/h7,9,11-13H,1-6,8H2/t9?,11-,12+,13?/m1/s1. The van der Waals surface area contributed by atoms with E-state index in [4.69, 9.17) is 9.57 Å². The average Bonchev–Trinajstić information content (AvgIpc) is 3.34. The maximum absolute atomic E-state index is 11.6. The fourth-order valence-electron chi connectivity index (χ4n) is 4.00. The molecule has 0 aromatic carbocycles. The van der Waals surface area contributed by atoms with Crippen LogP contribution in [0.3, 0.4) is 0 Å². The van der Waals surface area contributed by atoms with Crippen LogP contribution in [0.1, 0.15) is 38.5 Å². The first-order valence-corrected chi connectivity index (χ1v) is 8.04. The van der Waals surface area contributed by atoms with Gasteiger partial charge < -0.3 is 4.74 Å². The van der Waals surface area contributed by atoms with Crippen molar-refractivity contribution in [1.82, 2.24) is 5.06 Å². The Morgan fingerprint density at radius 3 is 2.59 bits per heavy atom. The second kappa shape index (κ2) is 5.11. The lowest BCUT2D eigenvalue weighted by Crippen LogP contribution is -2.32. The van der Waals surface area contributed by atoms with Crippen molar-refractivity contribution in [2.75, 3.05) is 6.61 Å². The quantitative estimate of drug-likeness (QED) is 0.454. The van der Waals surface area contributed by atoms with Crippen LogP contribution in [0.2, 0.25) is 0 Å². The molecule has 0 aromatic rings. The molecule has 1 saturated heterocycles. The molecule has 1 heterocycles. The Hall–Kier alpha value is -1.85. The van der Waals surface area contributed by atoms with Crippen LogP contribution < -0.4 is 0 Å². The van der Waals surface area contributed by atoms with Gasteiger partial charge in [0.2, 0.25) is 0 Å². The Balaban J connectivity index is 1.23. The molecule has 0 N–H and O–H groups in total. The summed E-state index contributed by atoms with van der Waals surface area (Å²) in [5, 5.41) is 0.526. The minimum Gasteiger partial charge on any atom is -0.432 e. The number of fused-ring (bicyclic) bond motifs is 2. The van der Waals surface area contributed by atoms with Crippen molar-refractivity contribution in [3.8, 4) is 0 Å². The molecule has 4 rings (SSSR count). The number of hydroxylamine groups is 2. The SMILES string of the molecule is O=C(OCC1[C@H]2CCC3=CC3CC[C@@H]12)ON1C(=O)CCC1=O. The summed E-state index contributed by atoms with van der Waals surface area (Å²) < 4.78 is 5.11. The summed E-state index contributed by atoms with van der Waals surface area (Å²) in [6, 6.07) is 0. The zero-order valence-electron chi connectivity index (χ0n) is 12.3. The van der Waals surface area contributed by atoms with Crippen LogP contribution in [0.15, 0.2) is 11.6 Å². The third-order valence-corrected chi connectivity index (χ3v) is 5.43. The number of allylic oxidation sites excluding steroid dienone is 2. The smallest absolute Gasteiger partial charge is 0.432 e. The highest BCUT2D eigenvalue weighted by Gasteiger charge is 2.51. The second-order valence-electron chi connectivity index (χ2n) is 6.69. The van der Waals surface area contributed by atoms with E-state index in [2.05, 4.69) is 6.08 Å². The maximum atomic E-state index is 11.6. The number of hydrogen-bond donors (Lipinski definition) is 0. The largest absolute Gasteiger partial charge is 0.533 e. The molecule has 22 heavy (non-hydrogen) atoms. The molecule has 2 amide bonds. The minimum absolute atomic E-state index is 0.0932. The molecule has 6 nitrogen and oxygen atoms in total. The Morgan fingerprint density at radius 1 is 1.09 bits per heavy atom. The van der Waals surface area contributed by atoms with E-state index in [-0.39, 0.29) is 12.8 Å². The average molecular weight is 305 g/mol. The van der Waals surface area contributed by atoms with E-state index >= 15 is 0 Å². The van der Waals surface area contributed by atoms with Gasteiger partial charge in [-0.15, -0.1) is 0 Å². The van der Waals surface area contributed by atoms with Gasteiger partial charge in [-0.3, -0.25) is 14.4 Å². The molecule has 4 aliphatic rings. The molecule has 0 aromatic heterocycles. The van der Waals surface area contributed by atoms with E-state index in [0.717, 1.165) is 5.92 Å². The number of carbonyl (C=O) groups excluding carboxylic acids is 3. The van der Waals surface area contributed by atoms with Gasteiger partial charge in [-0.2, -0.15) is 0 Å². The number of amides is 2. The summed E-state index contributed by atoms with van der Waals surface area (Å²) in [6.07, 6.45) is 6.40. The first-order valence-electron chi connectivity index (χ1n) is 8.04. The summed E-state index contributed by atoms with van der Waals surface area (Å²) in [6.45, 7) is 0.327. The van der Waals surface area contributed by atoms with Gasteiger partial charge in [0.25, 0.3) is 11.8 Å². The number of rotatable bonds is 3. The van der Waals surface area contributed by atoms with Crippen LogP contribution in [0.4, 0.5) is 4.79 Å². The molecule has 2 unspecified atom stereocenters. The van der Waals surface area contributed by atoms with Crippen LogP contribution in [0.25, 0.3) is 0 Å². The predicted molar refractivity (Wildman–Crippen MR) is 74.0 cm³/mol. The molecule has 0 bridgehead atoms. The van der Waals surface area contributed by atoms with Crippen molar-refractivity contribution in [1.29, 1.82) is 0 Å². The lowest BCUT2D eigenvalue weighted by Gasteiger charge is -2.12. The van der Waals surface area contributed by atoms with Gasteiger partial charge in [0.15, 0.2) is 0 Å². The van der Waals surface area contributed by atoms with Crippen molar-refractivity contribution in [3.63, 3.8) is 0 Å². The second-order valence-corrected chi connectivity index (χ2v) is 6.69. The van der Waals surface area contributed by atoms with E-state index < -0.39 is 18.0 Å². The number of imide groups is 1. The highest BCUT2D eigenvalue weighted by molar-refractivity contribution is 6.01. The van der Waals surface area contributed by atoms with Gasteiger partial charge in [0, 0.05) is 12.8 Å². The summed E-state index contributed by atoms with van der Waals surface area (Å²) in [4.78, 5) is 39.0. The molecule has 2 saturated carbocycles. The minimum atomic E-state index is -0.951. The zero-order valence-corrected chi connectivity index (χ0v) is 12.3. The van der Waals surface area contributed by atoms with Gasteiger partial charge in [-0.1, -0.05) is 16.7 Å². The zero-order chi connectivity index (χ0) is 15.3. The fourth-order valence-corrected chi connectivity index (χ4v) is 4.00. The maximum Gasteiger partial charge on any atom is 0.533 e. The third kappa shape index (κ3) is 2.51. The predicted octanol–water partition coefficient (Wildman–Crippen LogP) is 2.20. The Bertz CT molecular complexity index is 553.